The summed E-state index contributed by atoms with van der Waals surface area (Å²) in [6, 6.07) is 11.3. The zero-order valence-corrected chi connectivity index (χ0v) is 13.4. The number of halogens is 2. The van der Waals surface area contributed by atoms with Crippen molar-refractivity contribution >= 4 is 32.6 Å². The lowest BCUT2D eigenvalue weighted by atomic mass is 10.1. The number of para-hydroxylation sites is 1. The highest BCUT2D eigenvalue weighted by Gasteiger charge is 2.11. The van der Waals surface area contributed by atoms with Gasteiger partial charge in [-0.2, -0.15) is 0 Å². The third-order valence-corrected chi connectivity index (χ3v) is 4.23. The number of nitrogens with one attached hydrogen (secondary N) is 1. The van der Waals surface area contributed by atoms with Gasteiger partial charge >= 0.3 is 0 Å². The van der Waals surface area contributed by atoms with E-state index < -0.39 is 0 Å². The van der Waals surface area contributed by atoms with Crippen LogP contribution in [0.15, 0.2) is 45.3 Å². The zero-order chi connectivity index (χ0) is 15.0. The van der Waals surface area contributed by atoms with Gasteiger partial charge in [0.1, 0.15) is 17.2 Å². The van der Waals surface area contributed by atoms with Crippen LogP contribution >= 0.6 is 15.9 Å². The predicted octanol–water partition coefficient (Wildman–Crippen LogP) is 5.56. The van der Waals surface area contributed by atoms with Crippen LogP contribution in [0.1, 0.15) is 16.9 Å². The number of hydrogen-bond donors (Lipinski definition) is 1. The van der Waals surface area contributed by atoms with Crippen LogP contribution in [0.3, 0.4) is 0 Å². The van der Waals surface area contributed by atoms with E-state index in [2.05, 4.69) is 27.3 Å². The zero-order valence-electron chi connectivity index (χ0n) is 11.8. The number of rotatable bonds is 3. The second kappa shape index (κ2) is 5.53. The molecule has 0 aliphatic rings. The molecule has 1 N–H and O–H groups in total. The molecule has 0 saturated heterocycles. The number of aryl methyl sites for hydroxylation is 2. The number of benzene rings is 2. The van der Waals surface area contributed by atoms with Gasteiger partial charge in [0.2, 0.25) is 0 Å². The van der Waals surface area contributed by atoms with Crippen molar-refractivity contribution in [2.24, 2.45) is 0 Å². The lowest BCUT2D eigenvalue weighted by molar-refractivity contribution is 0.573. The first-order chi connectivity index (χ1) is 10.1. The largest absolute Gasteiger partial charge is 0.461 e. The molecule has 0 spiro atoms. The van der Waals surface area contributed by atoms with Crippen molar-refractivity contribution < 1.29 is 8.81 Å². The van der Waals surface area contributed by atoms with Gasteiger partial charge in [0.15, 0.2) is 0 Å². The van der Waals surface area contributed by atoms with E-state index in [1.807, 2.05) is 32.0 Å². The molecule has 3 aromatic rings. The van der Waals surface area contributed by atoms with Crippen LogP contribution in [-0.4, -0.2) is 0 Å². The first-order valence-corrected chi connectivity index (χ1v) is 7.52. The summed E-state index contributed by atoms with van der Waals surface area (Å²) in [5.74, 6) is 0.658. The van der Waals surface area contributed by atoms with Crippen LogP contribution in [0.25, 0.3) is 11.0 Å². The predicted molar refractivity (Wildman–Crippen MR) is 87.1 cm³/mol. The molecule has 0 bridgehead atoms. The maximum atomic E-state index is 13.5. The summed E-state index contributed by atoms with van der Waals surface area (Å²) in [4.78, 5) is 0. The van der Waals surface area contributed by atoms with Gasteiger partial charge in [0.05, 0.1) is 4.47 Å². The molecule has 108 valence electrons. The molecule has 0 saturated carbocycles. The van der Waals surface area contributed by atoms with Gasteiger partial charge in [-0.25, -0.2) is 4.39 Å². The van der Waals surface area contributed by atoms with Crippen LogP contribution in [0, 0.1) is 19.7 Å². The molecular weight excluding hydrogens is 333 g/mol. The highest BCUT2D eigenvalue weighted by atomic mass is 79.9. The summed E-state index contributed by atoms with van der Waals surface area (Å²) in [5.41, 5.74) is 3.81. The number of furan rings is 1. The maximum absolute atomic E-state index is 13.5. The topological polar surface area (TPSA) is 25.2 Å². The van der Waals surface area contributed by atoms with Crippen molar-refractivity contribution in [1.82, 2.24) is 0 Å². The third kappa shape index (κ3) is 2.68. The molecule has 2 nitrogen and oxygen atoms in total. The molecule has 1 aromatic heterocycles. The summed E-state index contributed by atoms with van der Waals surface area (Å²) in [7, 11) is 0. The van der Waals surface area contributed by atoms with E-state index >= 15 is 0 Å². The molecule has 0 fully saturated rings. The highest BCUT2D eigenvalue weighted by molar-refractivity contribution is 9.10. The second-order valence-electron chi connectivity index (χ2n) is 5.07. The molecule has 4 heteroatoms. The average molecular weight is 348 g/mol. The van der Waals surface area contributed by atoms with E-state index in [9.17, 15) is 4.39 Å². The van der Waals surface area contributed by atoms with Gasteiger partial charge in [-0.1, -0.05) is 18.2 Å². The summed E-state index contributed by atoms with van der Waals surface area (Å²) < 4.78 is 19.7. The smallest absolute Gasteiger partial charge is 0.137 e. The fourth-order valence-electron chi connectivity index (χ4n) is 2.46. The fraction of sp³-hybridized carbons (Fsp3) is 0.176. The number of fused-ring (bicyclic) bond motifs is 1. The molecule has 0 radical (unpaired) electrons. The lowest BCUT2D eigenvalue weighted by Gasteiger charge is -2.10. The van der Waals surface area contributed by atoms with Crippen molar-refractivity contribution in [3.63, 3.8) is 0 Å². The van der Waals surface area contributed by atoms with Crippen molar-refractivity contribution in [3.8, 4) is 0 Å². The Kier molecular flexibility index (Phi) is 3.72. The Morgan fingerprint density at radius 2 is 1.95 bits per heavy atom. The molecule has 0 unspecified atom stereocenters. The summed E-state index contributed by atoms with van der Waals surface area (Å²) in [5, 5.41) is 4.47. The Labute approximate surface area is 131 Å². The molecule has 1 heterocycles. The van der Waals surface area contributed by atoms with Gasteiger partial charge in [-0.05, 0) is 53.5 Å². The number of hydrogen-bond acceptors (Lipinski definition) is 2. The molecule has 0 aliphatic heterocycles. The van der Waals surface area contributed by atoms with Crippen LogP contribution in [0.2, 0.25) is 0 Å². The molecule has 0 atom stereocenters. The second-order valence-corrected chi connectivity index (χ2v) is 5.92. The van der Waals surface area contributed by atoms with E-state index in [0.717, 1.165) is 33.5 Å². The number of anilines is 1. The Morgan fingerprint density at radius 1 is 1.19 bits per heavy atom. The fourth-order valence-corrected chi connectivity index (χ4v) is 2.80. The minimum absolute atomic E-state index is 0.247. The minimum atomic E-state index is -0.247. The van der Waals surface area contributed by atoms with Crippen molar-refractivity contribution in [2.45, 2.75) is 20.4 Å². The average Bonchev–Trinajstić information content (AvgIpc) is 2.77. The van der Waals surface area contributed by atoms with E-state index in [-0.39, 0.29) is 5.82 Å². The quantitative estimate of drug-likeness (QED) is 0.670. The van der Waals surface area contributed by atoms with Crippen LogP contribution in [-0.2, 0) is 6.54 Å². The molecule has 0 amide bonds. The van der Waals surface area contributed by atoms with Crippen LogP contribution in [0.4, 0.5) is 10.1 Å². The molecule has 21 heavy (non-hydrogen) atoms. The van der Waals surface area contributed by atoms with Gasteiger partial charge in [-0.15, -0.1) is 0 Å². The third-order valence-electron chi connectivity index (χ3n) is 3.62. The summed E-state index contributed by atoms with van der Waals surface area (Å²) in [6.07, 6.45) is 0. The van der Waals surface area contributed by atoms with E-state index in [1.165, 1.54) is 6.07 Å². The van der Waals surface area contributed by atoms with Crippen LogP contribution < -0.4 is 5.32 Å². The van der Waals surface area contributed by atoms with E-state index in [1.54, 1.807) is 6.07 Å². The molecular formula is C17H15BrFNO. The lowest BCUT2D eigenvalue weighted by Crippen LogP contribution is -2.02. The SMILES string of the molecule is Cc1cc(F)c(Br)cc1NCc1c(C)oc2ccccc12. The summed E-state index contributed by atoms with van der Waals surface area (Å²) in [6.45, 7) is 4.49. The first kappa shape index (κ1) is 14.1. The van der Waals surface area contributed by atoms with Crippen molar-refractivity contribution in [3.05, 3.63) is 63.6 Å². The Morgan fingerprint density at radius 3 is 2.76 bits per heavy atom. The van der Waals surface area contributed by atoms with Gasteiger partial charge in [0, 0.05) is 23.2 Å². The van der Waals surface area contributed by atoms with Gasteiger partial charge in [-0.3, -0.25) is 0 Å². The van der Waals surface area contributed by atoms with E-state index in [0.29, 0.717) is 11.0 Å². The van der Waals surface area contributed by atoms with Gasteiger partial charge in [0.25, 0.3) is 0 Å². The molecule has 3 rings (SSSR count). The minimum Gasteiger partial charge on any atom is -0.461 e. The Balaban J connectivity index is 1.90. The molecule has 0 aliphatic carbocycles. The summed E-state index contributed by atoms with van der Waals surface area (Å²) >= 11 is 3.22. The van der Waals surface area contributed by atoms with Gasteiger partial charge < -0.3 is 9.73 Å². The van der Waals surface area contributed by atoms with Crippen molar-refractivity contribution in [2.75, 3.05) is 5.32 Å². The molecule has 2 aromatic carbocycles. The monoisotopic (exact) mass is 347 g/mol. The standard InChI is InChI=1S/C17H15BrFNO/c1-10-7-15(19)14(18)8-16(10)20-9-13-11(2)21-17-6-4-3-5-12(13)17/h3-8,20H,9H2,1-2H3. The van der Waals surface area contributed by atoms with Crippen LogP contribution in [0.5, 0.6) is 0 Å². The Bertz CT molecular complexity index is 810. The van der Waals surface area contributed by atoms with E-state index in [4.69, 9.17) is 4.42 Å². The maximum Gasteiger partial charge on any atom is 0.137 e. The highest BCUT2D eigenvalue weighted by Crippen LogP contribution is 2.28. The normalized spacial score (nSPS) is 11.0. The first-order valence-electron chi connectivity index (χ1n) is 6.73. The Hall–Kier alpha value is -1.81. The van der Waals surface area contributed by atoms with Crippen molar-refractivity contribution in [1.29, 1.82) is 0 Å².